The van der Waals surface area contributed by atoms with Crippen LogP contribution in [-0.4, -0.2) is 23.0 Å². The Morgan fingerprint density at radius 1 is 1.67 bits per heavy atom. The summed E-state index contributed by atoms with van der Waals surface area (Å²) in [5, 5.41) is 0.0717. The lowest BCUT2D eigenvalue weighted by molar-refractivity contribution is -0.109. The number of hydrogen-bond acceptors (Lipinski definition) is 4. The molecular formula is C11H11NO2S. The molecule has 4 heteroatoms. The van der Waals surface area contributed by atoms with Gasteiger partial charge in [0.15, 0.2) is 5.12 Å². The monoisotopic (exact) mass is 221 g/mol. The third-order valence-electron chi connectivity index (χ3n) is 1.57. The number of ether oxygens (including phenoxy) is 1. The van der Waals surface area contributed by atoms with Crippen molar-refractivity contribution < 1.29 is 9.53 Å². The fourth-order valence-corrected chi connectivity index (χ4v) is 1.27. The van der Waals surface area contributed by atoms with Gasteiger partial charge < -0.3 is 4.74 Å². The van der Waals surface area contributed by atoms with E-state index >= 15 is 0 Å². The van der Waals surface area contributed by atoms with Crippen molar-refractivity contribution in [1.29, 1.82) is 0 Å². The molecule has 0 aliphatic rings. The van der Waals surface area contributed by atoms with Crippen LogP contribution in [0.15, 0.2) is 18.5 Å². The van der Waals surface area contributed by atoms with Gasteiger partial charge in [-0.2, -0.15) is 0 Å². The molecule has 0 saturated heterocycles. The number of carbonyl (C=O) groups excluding carboxylic acids is 1. The average Bonchev–Trinajstić information content (AvgIpc) is 2.24. The molecule has 0 bridgehead atoms. The van der Waals surface area contributed by atoms with Gasteiger partial charge in [-0.05, 0) is 6.07 Å². The summed E-state index contributed by atoms with van der Waals surface area (Å²) in [7, 11) is 1.59. The second kappa shape index (κ2) is 6.10. The molecule has 0 saturated carbocycles. The highest BCUT2D eigenvalue weighted by molar-refractivity contribution is 8.13. The van der Waals surface area contributed by atoms with Gasteiger partial charge in [-0.15, -0.1) is 0 Å². The smallest absolute Gasteiger partial charge is 0.186 e. The van der Waals surface area contributed by atoms with E-state index in [9.17, 15) is 4.79 Å². The molecule has 78 valence electrons. The van der Waals surface area contributed by atoms with Crippen molar-refractivity contribution >= 4 is 16.9 Å². The van der Waals surface area contributed by atoms with Gasteiger partial charge in [0.25, 0.3) is 0 Å². The van der Waals surface area contributed by atoms with Crippen LogP contribution in [0.4, 0.5) is 0 Å². The molecule has 0 atom stereocenters. The topological polar surface area (TPSA) is 39.2 Å². The Kier molecular flexibility index (Phi) is 4.72. The Labute approximate surface area is 93.2 Å². The van der Waals surface area contributed by atoms with E-state index in [4.69, 9.17) is 4.74 Å². The number of nitrogens with zero attached hydrogens (tertiary/aromatic N) is 1. The summed E-state index contributed by atoms with van der Waals surface area (Å²) in [4.78, 5) is 14.6. The van der Waals surface area contributed by atoms with E-state index < -0.39 is 0 Å². The van der Waals surface area contributed by atoms with Gasteiger partial charge in [0.05, 0.1) is 18.4 Å². The van der Waals surface area contributed by atoms with Crippen molar-refractivity contribution in [2.24, 2.45) is 0 Å². The van der Waals surface area contributed by atoms with Gasteiger partial charge in [-0.25, -0.2) is 0 Å². The Balaban J connectivity index is 2.66. The quantitative estimate of drug-likeness (QED) is 0.713. The Morgan fingerprint density at radius 2 is 2.47 bits per heavy atom. The maximum atomic E-state index is 10.6. The summed E-state index contributed by atoms with van der Waals surface area (Å²) in [6.45, 7) is 1.52. The first kappa shape index (κ1) is 11.6. The number of methoxy groups -OCH3 is 1. The summed E-state index contributed by atoms with van der Waals surface area (Å²) < 4.78 is 5.11. The van der Waals surface area contributed by atoms with Crippen molar-refractivity contribution in [2.45, 2.75) is 6.92 Å². The van der Waals surface area contributed by atoms with Gasteiger partial charge >= 0.3 is 0 Å². The second-order valence-electron chi connectivity index (χ2n) is 2.66. The van der Waals surface area contributed by atoms with Gasteiger partial charge in [-0.3, -0.25) is 9.78 Å². The molecule has 1 aromatic rings. The number of carbonyl (C=O) groups is 1. The summed E-state index contributed by atoms with van der Waals surface area (Å²) >= 11 is 1.19. The first-order valence-corrected chi connectivity index (χ1v) is 5.33. The standard InChI is InChI=1S/C11H11NO2S/c1-9(13)15-7-3-4-10-8-12-6-5-11(10)14-2/h5-6,8H,7H2,1-2H3. The van der Waals surface area contributed by atoms with Crippen LogP contribution < -0.4 is 4.74 Å². The first-order valence-electron chi connectivity index (χ1n) is 4.34. The molecule has 0 N–H and O–H groups in total. The van der Waals surface area contributed by atoms with E-state index in [1.807, 2.05) is 0 Å². The van der Waals surface area contributed by atoms with Gasteiger partial charge in [0.2, 0.25) is 0 Å². The highest BCUT2D eigenvalue weighted by Gasteiger charge is 1.97. The molecule has 0 amide bonds. The highest BCUT2D eigenvalue weighted by Crippen LogP contribution is 2.13. The molecule has 0 aliphatic heterocycles. The molecule has 0 fully saturated rings. The number of pyridine rings is 1. The van der Waals surface area contributed by atoms with Crippen LogP contribution in [-0.2, 0) is 4.79 Å². The zero-order valence-corrected chi connectivity index (χ0v) is 9.43. The van der Waals surface area contributed by atoms with E-state index in [0.29, 0.717) is 11.5 Å². The molecule has 1 aromatic heterocycles. The Hall–Kier alpha value is -1.47. The zero-order chi connectivity index (χ0) is 11.1. The summed E-state index contributed by atoms with van der Waals surface area (Å²) in [6, 6.07) is 1.75. The third kappa shape index (κ3) is 4.05. The van der Waals surface area contributed by atoms with E-state index in [0.717, 1.165) is 5.56 Å². The van der Waals surface area contributed by atoms with E-state index in [-0.39, 0.29) is 5.12 Å². The molecule has 0 aromatic carbocycles. The lowest BCUT2D eigenvalue weighted by atomic mass is 10.2. The van der Waals surface area contributed by atoms with Crippen LogP contribution in [0, 0.1) is 11.8 Å². The van der Waals surface area contributed by atoms with Gasteiger partial charge in [-0.1, -0.05) is 23.6 Å². The second-order valence-corrected chi connectivity index (χ2v) is 3.81. The van der Waals surface area contributed by atoms with Gasteiger partial charge in [0, 0.05) is 19.3 Å². The number of rotatable bonds is 2. The van der Waals surface area contributed by atoms with Gasteiger partial charge in [0.1, 0.15) is 5.75 Å². The zero-order valence-electron chi connectivity index (χ0n) is 8.61. The molecule has 1 rings (SSSR count). The fraction of sp³-hybridized carbons (Fsp3) is 0.273. The van der Waals surface area contributed by atoms with Crippen molar-refractivity contribution in [3.8, 4) is 17.6 Å². The molecule has 0 spiro atoms. The minimum absolute atomic E-state index is 0.0717. The minimum atomic E-state index is 0.0717. The first-order chi connectivity index (χ1) is 7.24. The van der Waals surface area contributed by atoms with Crippen molar-refractivity contribution in [3.63, 3.8) is 0 Å². The maximum Gasteiger partial charge on any atom is 0.186 e. The third-order valence-corrected chi connectivity index (χ3v) is 2.27. The molecule has 3 nitrogen and oxygen atoms in total. The van der Waals surface area contributed by atoms with Crippen molar-refractivity contribution in [3.05, 3.63) is 24.0 Å². The SMILES string of the molecule is COc1ccncc1C#CCSC(C)=O. The average molecular weight is 221 g/mol. The van der Waals surface area contributed by atoms with E-state index in [1.54, 1.807) is 25.6 Å². The van der Waals surface area contributed by atoms with Crippen LogP contribution in [0.25, 0.3) is 0 Å². The number of thioether (sulfide) groups is 1. The lowest BCUT2D eigenvalue weighted by Crippen LogP contribution is -1.88. The molecule has 15 heavy (non-hydrogen) atoms. The Morgan fingerprint density at radius 3 is 3.13 bits per heavy atom. The fourth-order valence-electron chi connectivity index (χ4n) is 0.923. The molecule has 0 unspecified atom stereocenters. The largest absolute Gasteiger partial charge is 0.495 e. The minimum Gasteiger partial charge on any atom is -0.495 e. The highest BCUT2D eigenvalue weighted by atomic mass is 32.2. The normalized spacial score (nSPS) is 8.93. The number of hydrogen-bond donors (Lipinski definition) is 0. The Bertz CT molecular complexity index is 407. The summed E-state index contributed by atoms with van der Waals surface area (Å²) in [5.74, 6) is 6.98. The lowest BCUT2D eigenvalue weighted by Gasteiger charge is -2.00. The van der Waals surface area contributed by atoms with Crippen LogP contribution in [0.2, 0.25) is 0 Å². The predicted octanol–water partition coefficient (Wildman–Crippen LogP) is 1.72. The molecule has 1 heterocycles. The van der Waals surface area contributed by atoms with Crippen LogP contribution in [0.3, 0.4) is 0 Å². The summed E-state index contributed by atoms with van der Waals surface area (Å²) in [6.07, 6.45) is 3.29. The van der Waals surface area contributed by atoms with Crippen molar-refractivity contribution in [1.82, 2.24) is 4.98 Å². The molecule has 0 radical (unpaired) electrons. The predicted molar refractivity (Wildman–Crippen MR) is 60.8 cm³/mol. The van der Waals surface area contributed by atoms with E-state index in [2.05, 4.69) is 16.8 Å². The number of aromatic nitrogens is 1. The van der Waals surface area contributed by atoms with Crippen LogP contribution in [0.5, 0.6) is 5.75 Å². The van der Waals surface area contributed by atoms with E-state index in [1.165, 1.54) is 18.7 Å². The van der Waals surface area contributed by atoms with Crippen molar-refractivity contribution in [2.75, 3.05) is 12.9 Å². The maximum absolute atomic E-state index is 10.6. The molecule has 0 aliphatic carbocycles. The molecular weight excluding hydrogens is 210 g/mol. The van der Waals surface area contributed by atoms with Crippen LogP contribution >= 0.6 is 11.8 Å². The van der Waals surface area contributed by atoms with Crippen LogP contribution in [0.1, 0.15) is 12.5 Å². The summed E-state index contributed by atoms with van der Waals surface area (Å²) in [5.41, 5.74) is 0.740.